The van der Waals surface area contributed by atoms with Gasteiger partial charge in [-0.25, -0.2) is 19.2 Å². The second kappa shape index (κ2) is 9.33. The fourth-order valence-electron chi connectivity index (χ4n) is 3.88. The first-order valence-corrected chi connectivity index (χ1v) is 10.9. The quantitative estimate of drug-likeness (QED) is 0.615. The fourth-order valence-corrected chi connectivity index (χ4v) is 4.15. The molecule has 9 nitrogen and oxygen atoms in total. The van der Waals surface area contributed by atoms with E-state index in [2.05, 4.69) is 25.9 Å². The number of nitrogens with zero attached hydrogens (tertiary/aromatic N) is 4. The van der Waals surface area contributed by atoms with E-state index >= 15 is 0 Å². The maximum absolute atomic E-state index is 14.5. The van der Waals surface area contributed by atoms with Gasteiger partial charge < -0.3 is 30.5 Å². The summed E-state index contributed by atoms with van der Waals surface area (Å²) in [6.45, 7) is 5.40. The summed E-state index contributed by atoms with van der Waals surface area (Å²) in [6, 6.07) is -0.393. The monoisotopic (exact) mass is 463 g/mol. The van der Waals surface area contributed by atoms with Crippen molar-refractivity contribution in [2.75, 3.05) is 38.7 Å². The maximum atomic E-state index is 14.5. The first-order chi connectivity index (χ1) is 15.3. The van der Waals surface area contributed by atoms with E-state index in [1.54, 1.807) is 11.1 Å². The molecule has 2 atom stereocenters. The molecule has 1 saturated heterocycles. The molecule has 0 saturated carbocycles. The molecule has 4 rings (SSSR count). The lowest BCUT2D eigenvalue weighted by molar-refractivity contribution is 0.0166. The summed E-state index contributed by atoms with van der Waals surface area (Å²) in [5.41, 5.74) is 1.66. The van der Waals surface area contributed by atoms with Gasteiger partial charge in [0.2, 0.25) is 0 Å². The molecule has 172 valence electrons. The zero-order valence-corrected chi connectivity index (χ0v) is 19.0. The summed E-state index contributed by atoms with van der Waals surface area (Å²) in [5.74, 6) is -0.121. The Bertz CT molecular complexity index is 981. The number of anilines is 1. The number of nitrogens with one attached hydrogen (secondary N) is 3. The van der Waals surface area contributed by atoms with Crippen LogP contribution in [0.4, 0.5) is 15.0 Å². The number of carbonyl (C=O) groups excluding carboxylic acids is 1. The van der Waals surface area contributed by atoms with Gasteiger partial charge in [-0.3, -0.25) is 0 Å². The van der Waals surface area contributed by atoms with Gasteiger partial charge in [-0.2, -0.15) is 0 Å². The van der Waals surface area contributed by atoms with Crippen LogP contribution in [-0.4, -0.2) is 77.4 Å². The Balaban J connectivity index is 1.49. The van der Waals surface area contributed by atoms with Crippen LogP contribution in [0, 0.1) is 5.82 Å². The highest BCUT2D eigenvalue weighted by Crippen LogP contribution is 2.34. The zero-order chi connectivity index (χ0) is 22.8. The number of fused-ring (bicyclic) bond motifs is 1. The molecule has 32 heavy (non-hydrogen) atoms. The van der Waals surface area contributed by atoms with Crippen molar-refractivity contribution in [3.63, 3.8) is 0 Å². The molecule has 0 bridgehead atoms. The smallest absolute Gasteiger partial charge is 0.318 e. The van der Waals surface area contributed by atoms with Crippen LogP contribution in [0.3, 0.4) is 0 Å². The van der Waals surface area contributed by atoms with Crippen molar-refractivity contribution in [3.05, 3.63) is 46.9 Å². The number of urea groups is 1. The number of hydrogen-bond donors (Lipinski definition) is 3. The van der Waals surface area contributed by atoms with Crippen LogP contribution in [0.25, 0.3) is 5.57 Å². The Labute approximate surface area is 191 Å². The van der Waals surface area contributed by atoms with Gasteiger partial charge in [-0.1, -0.05) is 11.6 Å². The van der Waals surface area contributed by atoms with Gasteiger partial charge >= 0.3 is 6.03 Å². The van der Waals surface area contributed by atoms with E-state index in [4.69, 9.17) is 16.3 Å². The number of carbonyl (C=O) groups is 1. The van der Waals surface area contributed by atoms with Crippen LogP contribution in [0.5, 0.6) is 0 Å². The number of amides is 2. The molecule has 3 aliphatic heterocycles. The molecular weight excluding hydrogens is 437 g/mol. The lowest BCUT2D eigenvalue weighted by Gasteiger charge is -2.36. The van der Waals surface area contributed by atoms with Crippen molar-refractivity contribution < 1.29 is 13.9 Å². The van der Waals surface area contributed by atoms with E-state index < -0.39 is 5.82 Å². The zero-order valence-electron chi connectivity index (χ0n) is 18.2. The highest BCUT2D eigenvalue weighted by atomic mass is 35.5. The minimum absolute atomic E-state index is 0.0226. The highest BCUT2D eigenvalue weighted by molar-refractivity contribution is 6.31. The number of rotatable bonds is 5. The molecule has 0 spiro atoms. The van der Waals surface area contributed by atoms with Crippen LogP contribution in [0.15, 0.2) is 35.3 Å². The van der Waals surface area contributed by atoms with Crippen LogP contribution in [0.2, 0.25) is 0 Å². The van der Waals surface area contributed by atoms with E-state index in [-0.39, 0.29) is 30.1 Å². The second-order valence-corrected chi connectivity index (χ2v) is 8.64. The third-order valence-corrected chi connectivity index (χ3v) is 5.62. The van der Waals surface area contributed by atoms with Crippen molar-refractivity contribution in [1.82, 2.24) is 30.4 Å². The maximum Gasteiger partial charge on any atom is 0.318 e. The number of hydrogen-bond acceptors (Lipinski definition) is 7. The van der Waals surface area contributed by atoms with Crippen LogP contribution in [-0.2, 0) is 4.74 Å². The molecular formula is C21H27ClFN7O2. The molecule has 0 radical (unpaired) electrons. The Morgan fingerprint density at radius 2 is 2.28 bits per heavy atom. The molecule has 1 aromatic rings. The van der Waals surface area contributed by atoms with Gasteiger partial charge in [0.25, 0.3) is 0 Å². The summed E-state index contributed by atoms with van der Waals surface area (Å²) >= 11 is 6.22. The third kappa shape index (κ3) is 4.66. The number of likely N-dealkylation sites (N-methyl/N-ethyl adjacent to an activating group) is 1. The predicted molar refractivity (Wildman–Crippen MR) is 120 cm³/mol. The standard InChI is InChI=1S/C21H27ClFN7O2/c1-12(2)27-21(31)30-4-5-32-11-14(30)7-24-19-17(23)9-25-18(28-19)16-8-26-20-15(16)6-13(22)10-29(20)3/h6,8-10,12,14,20,26H,4-5,7,11H2,1-3H3,(H,27,31)(H,24,25,28). The SMILES string of the molecule is CC(C)NC(=O)N1CCOCC1CNc1nc(C2=CNC3C2=CC(Cl)=CN3C)ncc1F. The highest BCUT2D eigenvalue weighted by Gasteiger charge is 2.31. The van der Waals surface area contributed by atoms with Crippen LogP contribution in [0.1, 0.15) is 19.7 Å². The molecule has 0 aromatic carbocycles. The van der Waals surface area contributed by atoms with E-state index in [0.717, 1.165) is 17.3 Å². The second-order valence-electron chi connectivity index (χ2n) is 8.20. The normalized spacial score (nSPS) is 22.6. The van der Waals surface area contributed by atoms with Gasteiger partial charge in [0.05, 0.1) is 30.5 Å². The minimum Gasteiger partial charge on any atom is -0.377 e. The number of aromatic nitrogens is 2. The molecule has 1 fully saturated rings. The van der Waals surface area contributed by atoms with Crippen molar-refractivity contribution in [2.24, 2.45) is 0 Å². The lowest BCUT2D eigenvalue weighted by Crippen LogP contribution is -2.55. The summed E-state index contributed by atoms with van der Waals surface area (Å²) < 4.78 is 20.0. The van der Waals surface area contributed by atoms with Crippen molar-refractivity contribution in [1.29, 1.82) is 0 Å². The summed E-state index contributed by atoms with van der Waals surface area (Å²) in [7, 11) is 1.91. The summed E-state index contributed by atoms with van der Waals surface area (Å²) in [5, 5.41) is 9.78. The van der Waals surface area contributed by atoms with Crippen molar-refractivity contribution >= 4 is 29.0 Å². The number of ether oxygens (including phenoxy) is 1. The van der Waals surface area contributed by atoms with E-state index in [1.165, 1.54) is 0 Å². The number of allylic oxidation sites excluding steroid dienone is 2. The Kier molecular flexibility index (Phi) is 6.52. The summed E-state index contributed by atoms with van der Waals surface area (Å²) in [6.07, 6.45) is 6.54. The van der Waals surface area contributed by atoms with Gasteiger partial charge in [-0.05, 0) is 19.9 Å². The lowest BCUT2D eigenvalue weighted by atomic mass is 10.0. The van der Waals surface area contributed by atoms with E-state index in [0.29, 0.717) is 37.2 Å². The van der Waals surface area contributed by atoms with Gasteiger partial charge in [0.1, 0.15) is 6.17 Å². The molecule has 0 aliphatic carbocycles. The summed E-state index contributed by atoms with van der Waals surface area (Å²) in [4.78, 5) is 24.7. The molecule has 2 unspecified atom stereocenters. The number of morpholine rings is 1. The van der Waals surface area contributed by atoms with Gasteiger partial charge in [0.15, 0.2) is 17.5 Å². The Morgan fingerprint density at radius 1 is 1.47 bits per heavy atom. The minimum atomic E-state index is -0.570. The van der Waals surface area contributed by atoms with Crippen molar-refractivity contribution in [3.8, 4) is 0 Å². The van der Waals surface area contributed by atoms with E-state index in [1.807, 2.05) is 38.1 Å². The Hall–Kier alpha value is -2.85. The topological polar surface area (TPSA) is 94.7 Å². The molecule has 3 N–H and O–H groups in total. The largest absolute Gasteiger partial charge is 0.377 e. The van der Waals surface area contributed by atoms with Crippen molar-refractivity contribution in [2.45, 2.75) is 32.1 Å². The first kappa shape index (κ1) is 22.3. The molecule has 1 aromatic heterocycles. The molecule has 11 heteroatoms. The molecule has 3 aliphatic rings. The predicted octanol–water partition coefficient (Wildman–Crippen LogP) is 2.07. The van der Waals surface area contributed by atoms with E-state index in [9.17, 15) is 9.18 Å². The van der Waals surface area contributed by atoms with Gasteiger partial charge in [0, 0.05) is 49.7 Å². The van der Waals surface area contributed by atoms with Crippen LogP contribution < -0.4 is 16.0 Å². The molecule has 4 heterocycles. The average molecular weight is 464 g/mol. The van der Waals surface area contributed by atoms with Crippen LogP contribution >= 0.6 is 11.6 Å². The van der Waals surface area contributed by atoms with Gasteiger partial charge in [-0.15, -0.1) is 0 Å². The molecule has 2 amide bonds. The Morgan fingerprint density at radius 3 is 3.06 bits per heavy atom. The third-order valence-electron chi connectivity index (χ3n) is 5.41. The first-order valence-electron chi connectivity index (χ1n) is 10.5. The average Bonchev–Trinajstić information content (AvgIpc) is 3.17. The fraction of sp³-hybridized carbons (Fsp3) is 0.476. The number of halogens is 2.